The van der Waals surface area contributed by atoms with Crippen LogP contribution in [0, 0.1) is 5.82 Å². The molecule has 0 aliphatic carbocycles. The highest BCUT2D eigenvalue weighted by atomic mass is 19.1. The van der Waals surface area contributed by atoms with Gasteiger partial charge in [0.15, 0.2) is 0 Å². The monoisotopic (exact) mass is 328 g/mol. The average molecular weight is 328 g/mol. The molecule has 0 fully saturated rings. The third-order valence-corrected chi connectivity index (χ3v) is 3.62. The Kier molecular flexibility index (Phi) is 6.49. The summed E-state index contributed by atoms with van der Waals surface area (Å²) in [6.45, 7) is 1.90. The lowest BCUT2D eigenvalue weighted by Gasteiger charge is -2.18. The van der Waals surface area contributed by atoms with E-state index in [0.717, 1.165) is 11.1 Å². The van der Waals surface area contributed by atoms with Gasteiger partial charge in [0.05, 0.1) is 12.5 Å². The maximum absolute atomic E-state index is 12.8. The molecule has 0 heterocycles. The van der Waals surface area contributed by atoms with Crippen molar-refractivity contribution in [1.82, 2.24) is 10.6 Å². The molecule has 1 unspecified atom stereocenters. The molecule has 126 valence electrons. The number of hydrogen-bond donors (Lipinski definition) is 2. The zero-order chi connectivity index (χ0) is 17.4. The maximum Gasteiger partial charge on any atom is 0.222 e. The van der Waals surface area contributed by atoms with E-state index in [9.17, 15) is 14.0 Å². The largest absolute Gasteiger partial charge is 0.356 e. The fourth-order valence-electron chi connectivity index (χ4n) is 2.44. The first kappa shape index (κ1) is 17.7. The Morgan fingerprint density at radius 3 is 2.33 bits per heavy atom. The van der Waals surface area contributed by atoms with Crippen molar-refractivity contribution < 1.29 is 14.0 Å². The second kappa shape index (κ2) is 8.82. The lowest BCUT2D eigenvalue weighted by atomic mass is 10.0. The SMILES string of the molecule is CC(=O)NC(CC(=O)NCCc1ccc(F)cc1)c1ccccc1. The normalized spacial score (nSPS) is 11.6. The van der Waals surface area contributed by atoms with Crippen molar-refractivity contribution >= 4 is 11.8 Å². The Morgan fingerprint density at radius 2 is 1.71 bits per heavy atom. The molecule has 2 aromatic rings. The average Bonchev–Trinajstić information content (AvgIpc) is 2.56. The summed E-state index contributed by atoms with van der Waals surface area (Å²) >= 11 is 0. The number of benzene rings is 2. The molecule has 0 saturated carbocycles. The molecule has 2 aromatic carbocycles. The smallest absolute Gasteiger partial charge is 0.222 e. The van der Waals surface area contributed by atoms with Gasteiger partial charge in [-0.25, -0.2) is 4.39 Å². The van der Waals surface area contributed by atoms with Crippen LogP contribution in [0.25, 0.3) is 0 Å². The van der Waals surface area contributed by atoms with Gasteiger partial charge in [-0.1, -0.05) is 42.5 Å². The Morgan fingerprint density at radius 1 is 1.04 bits per heavy atom. The van der Waals surface area contributed by atoms with Crippen LogP contribution in [0.5, 0.6) is 0 Å². The van der Waals surface area contributed by atoms with E-state index in [1.54, 1.807) is 12.1 Å². The molecule has 0 bridgehead atoms. The van der Waals surface area contributed by atoms with Gasteiger partial charge in [0.25, 0.3) is 0 Å². The predicted molar refractivity (Wildman–Crippen MR) is 90.7 cm³/mol. The van der Waals surface area contributed by atoms with Crippen molar-refractivity contribution in [3.63, 3.8) is 0 Å². The molecule has 0 aromatic heterocycles. The van der Waals surface area contributed by atoms with E-state index in [0.29, 0.717) is 13.0 Å². The number of carbonyl (C=O) groups is 2. The molecular formula is C19H21FN2O2. The summed E-state index contributed by atoms with van der Waals surface area (Å²) in [6.07, 6.45) is 0.801. The van der Waals surface area contributed by atoms with Gasteiger partial charge in [0.1, 0.15) is 5.82 Å². The summed E-state index contributed by atoms with van der Waals surface area (Å²) in [7, 11) is 0. The number of hydrogen-bond acceptors (Lipinski definition) is 2. The van der Waals surface area contributed by atoms with Crippen molar-refractivity contribution in [3.8, 4) is 0 Å². The molecule has 2 amide bonds. The molecule has 1 atom stereocenters. The Hall–Kier alpha value is -2.69. The van der Waals surface area contributed by atoms with Crippen LogP contribution in [-0.4, -0.2) is 18.4 Å². The Balaban J connectivity index is 1.86. The van der Waals surface area contributed by atoms with E-state index < -0.39 is 0 Å². The number of amides is 2. The summed E-state index contributed by atoms with van der Waals surface area (Å²) in [4.78, 5) is 23.5. The first-order valence-corrected chi connectivity index (χ1v) is 7.88. The van der Waals surface area contributed by atoms with E-state index in [4.69, 9.17) is 0 Å². The lowest BCUT2D eigenvalue weighted by Crippen LogP contribution is -2.33. The number of carbonyl (C=O) groups excluding carboxylic acids is 2. The standard InChI is InChI=1S/C19H21FN2O2/c1-14(23)22-18(16-5-3-2-4-6-16)13-19(24)21-12-11-15-7-9-17(20)10-8-15/h2-10,18H,11-13H2,1H3,(H,21,24)(H,22,23). The van der Waals surface area contributed by atoms with E-state index in [1.165, 1.54) is 19.1 Å². The van der Waals surface area contributed by atoms with Crippen molar-refractivity contribution in [2.24, 2.45) is 0 Å². The summed E-state index contributed by atoms with van der Waals surface area (Å²) in [6, 6.07) is 15.2. The van der Waals surface area contributed by atoms with Gasteiger partial charge < -0.3 is 10.6 Å². The summed E-state index contributed by atoms with van der Waals surface area (Å²) < 4.78 is 12.8. The number of halogens is 1. The quantitative estimate of drug-likeness (QED) is 0.821. The van der Waals surface area contributed by atoms with Gasteiger partial charge in [-0.15, -0.1) is 0 Å². The van der Waals surface area contributed by atoms with Gasteiger partial charge in [-0.05, 0) is 29.7 Å². The first-order chi connectivity index (χ1) is 11.5. The first-order valence-electron chi connectivity index (χ1n) is 7.88. The highest BCUT2D eigenvalue weighted by Crippen LogP contribution is 2.16. The van der Waals surface area contributed by atoms with Crippen LogP contribution in [0.15, 0.2) is 54.6 Å². The van der Waals surface area contributed by atoms with E-state index in [-0.39, 0.29) is 30.1 Å². The molecule has 0 spiro atoms. The molecular weight excluding hydrogens is 307 g/mol. The minimum Gasteiger partial charge on any atom is -0.356 e. The molecule has 4 nitrogen and oxygen atoms in total. The molecule has 0 aliphatic rings. The van der Waals surface area contributed by atoms with Gasteiger partial charge in [0, 0.05) is 13.5 Å². The molecule has 0 radical (unpaired) electrons. The minimum atomic E-state index is -0.352. The van der Waals surface area contributed by atoms with Crippen molar-refractivity contribution in [2.45, 2.75) is 25.8 Å². The third-order valence-electron chi connectivity index (χ3n) is 3.62. The minimum absolute atomic E-state index is 0.139. The predicted octanol–water partition coefficient (Wildman–Crippen LogP) is 2.75. The lowest BCUT2D eigenvalue weighted by molar-refractivity contribution is -0.122. The van der Waals surface area contributed by atoms with Gasteiger partial charge >= 0.3 is 0 Å². The molecule has 5 heteroatoms. The van der Waals surface area contributed by atoms with Gasteiger partial charge in [-0.3, -0.25) is 9.59 Å². The maximum atomic E-state index is 12.8. The topological polar surface area (TPSA) is 58.2 Å². The molecule has 2 N–H and O–H groups in total. The van der Waals surface area contributed by atoms with Crippen molar-refractivity contribution in [2.75, 3.05) is 6.54 Å². The van der Waals surface area contributed by atoms with Crippen molar-refractivity contribution in [1.29, 1.82) is 0 Å². The van der Waals surface area contributed by atoms with Crippen LogP contribution in [0.4, 0.5) is 4.39 Å². The summed E-state index contributed by atoms with van der Waals surface area (Å²) in [5.74, 6) is -0.591. The van der Waals surface area contributed by atoms with Crippen molar-refractivity contribution in [3.05, 3.63) is 71.5 Å². The molecule has 0 saturated heterocycles. The molecule has 2 rings (SSSR count). The highest BCUT2D eigenvalue weighted by molar-refractivity contribution is 5.79. The van der Waals surface area contributed by atoms with E-state index >= 15 is 0 Å². The fraction of sp³-hybridized carbons (Fsp3) is 0.263. The number of nitrogens with one attached hydrogen (secondary N) is 2. The van der Waals surface area contributed by atoms with Gasteiger partial charge in [0.2, 0.25) is 11.8 Å². The number of rotatable bonds is 7. The summed E-state index contributed by atoms with van der Waals surface area (Å²) in [5.41, 5.74) is 1.85. The second-order valence-electron chi connectivity index (χ2n) is 5.59. The second-order valence-corrected chi connectivity index (χ2v) is 5.59. The molecule has 24 heavy (non-hydrogen) atoms. The Labute approximate surface area is 141 Å². The summed E-state index contributed by atoms with van der Waals surface area (Å²) in [5, 5.41) is 5.64. The zero-order valence-electron chi connectivity index (χ0n) is 13.6. The molecule has 0 aliphatic heterocycles. The zero-order valence-corrected chi connectivity index (χ0v) is 13.6. The highest BCUT2D eigenvalue weighted by Gasteiger charge is 2.16. The van der Waals surface area contributed by atoms with E-state index in [1.807, 2.05) is 30.3 Å². The van der Waals surface area contributed by atoms with Crippen LogP contribution in [-0.2, 0) is 16.0 Å². The Bertz CT molecular complexity index is 672. The van der Waals surface area contributed by atoms with Crippen LogP contribution >= 0.6 is 0 Å². The fourth-order valence-corrected chi connectivity index (χ4v) is 2.44. The van der Waals surface area contributed by atoms with E-state index in [2.05, 4.69) is 10.6 Å². The third kappa shape index (κ3) is 5.83. The van der Waals surface area contributed by atoms with Crippen LogP contribution in [0.2, 0.25) is 0 Å². The van der Waals surface area contributed by atoms with Crippen LogP contribution in [0.1, 0.15) is 30.5 Å². The van der Waals surface area contributed by atoms with Crippen LogP contribution < -0.4 is 10.6 Å². The van der Waals surface area contributed by atoms with Crippen LogP contribution in [0.3, 0.4) is 0 Å². The van der Waals surface area contributed by atoms with Gasteiger partial charge in [-0.2, -0.15) is 0 Å².